The molecule has 1 aromatic heterocycles. The first-order chi connectivity index (χ1) is 9.11. The third-order valence-corrected chi connectivity index (χ3v) is 4.29. The Morgan fingerprint density at radius 1 is 1.32 bits per heavy atom. The van der Waals surface area contributed by atoms with Crippen LogP contribution in [0.2, 0.25) is 0 Å². The molecule has 2 nitrogen and oxygen atoms in total. The zero-order valence-electron chi connectivity index (χ0n) is 12.3. The minimum Gasteiger partial charge on any atom is -0.354 e. The van der Waals surface area contributed by atoms with Crippen LogP contribution in [0.5, 0.6) is 0 Å². The SMILES string of the molecule is CC(C)c1cc(CCl)cc(N2CCCCCC2C)n1. The summed E-state index contributed by atoms with van der Waals surface area (Å²) in [7, 11) is 0. The molecule has 0 spiro atoms. The van der Waals surface area contributed by atoms with E-state index in [0.29, 0.717) is 17.8 Å². The molecule has 1 saturated heterocycles. The standard InChI is InChI=1S/C16H25ClN2/c1-12(2)15-9-14(11-17)10-16(18-15)19-8-6-4-5-7-13(19)3/h9-10,12-13H,4-8,11H2,1-3H3. The Bertz CT molecular complexity index is 417. The molecule has 19 heavy (non-hydrogen) atoms. The molecule has 0 N–H and O–H groups in total. The molecule has 0 saturated carbocycles. The van der Waals surface area contributed by atoms with Crippen molar-refractivity contribution in [2.24, 2.45) is 0 Å². The van der Waals surface area contributed by atoms with Gasteiger partial charge in [0.1, 0.15) is 5.82 Å². The number of aromatic nitrogens is 1. The van der Waals surface area contributed by atoms with Gasteiger partial charge in [0, 0.05) is 24.2 Å². The molecule has 1 unspecified atom stereocenters. The Labute approximate surface area is 122 Å². The predicted octanol–water partition coefficient (Wildman–Crippen LogP) is 4.71. The fourth-order valence-corrected chi connectivity index (χ4v) is 2.88. The van der Waals surface area contributed by atoms with Crippen LogP contribution >= 0.6 is 11.6 Å². The molecule has 2 heterocycles. The number of pyridine rings is 1. The maximum atomic E-state index is 6.04. The van der Waals surface area contributed by atoms with Crippen molar-refractivity contribution in [3.05, 3.63) is 23.4 Å². The largest absolute Gasteiger partial charge is 0.354 e. The highest BCUT2D eigenvalue weighted by atomic mass is 35.5. The molecule has 106 valence electrons. The summed E-state index contributed by atoms with van der Waals surface area (Å²) in [5, 5.41) is 0. The minimum atomic E-state index is 0.448. The first kappa shape index (κ1) is 14.6. The molecule has 0 radical (unpaired) electrons. The molecule has 1 aromatic rings. The summed E-state index contributed by atoms with van der Waals surface area (Å²) in [6.45, 7) is 7.82. The molecular formula is C16H25ClN2. The Morgan fingerprint density at radius 3 is 2.79 bits per heavy atom. The molecule has 0 aromatic carbocycles. The van der Waals surface area contributed by atoms with Gasteiger partial charge in [0.05, 0.1) is 0 Å². The van der Waals surface area contributed by atoms with E-state index >= 15 is 0 Å². The highest BCUT2D eigenvalue weighted by Crippen LogP contribution is 2.26. The van der Waals surface area contributed by atoms with E-state index in [9.17, 15) is 0 Å². The minimum absolute atomic E-state index is 0.448. The molecule has 1 aliphatic rings. The second-order valence-corrected chi connectivity index (χ2v) is 6.21. The highest BCUT2D eigenvalue weighted by molar-refractivity contribution is 6.17. The molecular weight excluding hydrogens is 256 g/mol. The molecule has 1 aliphatic heterocycles. The van der Waals surface area contributed by atoms with Crippen LogP contribution < -0.4 is 4.90 Å². The summed E-state index contributed by atoms with van der Waals surface area (Å²) in [6, 6.07) is 4.89. The Balaban J connectivity index is 2.33. The van der Waals surface area contributed by atoms with Gasteiger partial charge in [0.25, 0.3) is 0 Å². The summed E-state index contributed by atoms with van der Waals surface area (Å²) in [5.41, 5.74) is 2.34. The third-order valence-electron chi connectivity index (χ3n) is 3.98. The Kier molecular flexibility index (Phi) is 5.09. The van der Waals surface area contributed by atoms with Crippen LogP contribution in [0.4, 0.5) is 5.82 Å². The second-order valence-electron chi connectivity index (χ2n) is 5.94. The number of hydrogen-bond donors (Lipinski definition) is 0. The van der Waals surface area contributed by atoms with Gasteiger partial charge >= 0.3 is 0 Å². The van der Waals surface area contributed by atoms with Gasteiger partial charge in [-0.05, 0) is 43.4 Å². The first-order valence-electron chi connectivity index (χ1n) is 7.45. The second kappa shape index (κ2) is 6.60. The maximum absolute atomic E-state index is 6.04. The van der Waals surface area contributed by atoms with Crippen molar-refractivity contribution in [2.45, 2.75) is 64.3 Å². The molecule has 0 aliphatic carbocycles. The monoisotopic (exact) mass is 280 g/mol. The third kappa shape index (κ3) is 3.62. The van der Waals surface area contributed by atoms with Gasteiger partial charge in [-0.15, -0.1) is 11.6 Å². The number of alkyl halides is 1. The van der Waals surface area contributed by atoms with E-state index in [1.165, 1.54) is 31.2 Å². The summed E-state index contributed by atoms with van der Waals surface area (Å²) in [6.07, 6.45) is 5.22. The topological polar surface area (TPSA) is 16.1 Å². The van der Waals surface area contributed by atoms with Crippen molar-refractivity contribution < 1.29 is 0 Å². The zero-order chi connectivity index (χ0) is 13.8. The van der Waals surface area contributed by atoms with Crippen molar-refractivity contribution >= 4 is 17.4 Å². The van der Waals surface area contributed by atoms with Gasteiger partial charge < -0.3 is 4.90 Å². The van der Waals surface area contributed by atoms with Crippen LogP contribution in [0.3, 0.4) is 0 Å². The van der Waals surface area contributed by atoms with Gasteiger partial charge in [0.2, 0.25) is 0 Å². The highest BCUT2D eigenvalue weighted by Gasteiger charge is 2.19. The van der Waals surface area contributed by atoms with Crippen molar-refractivity contribution in [3.63, 3.8) is 0 Å². The van der Waals surface area contributed by atoms with Gasteiger partial charge in [-0.2, -0.15) is 0 Å². The van der Waals surface area contributed by atoms with Gasteiger partial charge in [-0.25, -0.2) is 4.98 Å². The van der Waals surface area contributed by atoms with E-state index in [2.05, 4.69) is 37.8 Å². The average Bonchev–Trinajstić information content (AvgIpc) is 2.62. The van der Waals surface area contributed by atoms with Crippen molar-refractivity contribution in [3.8, 4) is 0 Å². The lowest BCUT2D eigenvalue weighted by molar-refractivity contribution is 0.609. The van der Waals surface area contributed by atoms with E-state index in [-0.39, 0.29) is 0 Å². The lowest BCUT2D eigenvalue weighted by Crippen LogP contribution is -2.33. The van der Waals surface area contributed by atoms with E-state index in [1.54, 1.807) is 0 Å². The average molecular weight is 281 g/mol. The van der Waals surface area contributed by atoms with Gasteiger partial charge in [0.15, 0.2) is 0 Å². The van der Waals surface area contributed by atoms with E-state index in [0.717, 1.165) is 18.1 Å². The summed E-state index contributed by atoms with van der Waals surface area (Å²) < 4.78 is 0. The summed E-state index contributed by atoms with van der Waals surface area (Å²) >= 11 is 6.04. The number of anilines is 1. The maximum Gasteiger partial charge on any atom is 0.129 e. The van der Waals surface area contributed by atoms with Crippen LogP contribution in [0.1, 0.15) is 63.6 Å². The number of hydrogen-bond acceptors (Lipinski definition) is 2. The van der Waals surface area contributed by atoms with Crippen molar-refractivity contribution in [1.82, 2.24) is 4.98 Å². The Hall–Kier alpha value is -0.760. The zero-order valence-corrected chi connectivity index (χ0v) is 13.1. The van der Waals surface area contributed by atoms with Crippen LogP contribution in [0.15, 0.2) is 12.1 Å². The molecule has 2 rings (SSSR count). The smallest absolute Gasteiger partial charge is 0.129 e. The number of halogens is 1. The molecule has 0 amide bonds. The predicted molar refractivity (Wildman–Crippen MR) is 83.2 cm³/mol. The van der Waals surface area contributed by atoms with Crippen LogP contribution in [-0.2, 0) is 5.88 Å². The van der Waals surface area contributed by atoms with E-state index in [4.69, 9.17) is 16.6 Å². The fourth-order valence-electron chi connectivity index (χ4n) is 2.73. The fraction of sp³-hybridized carbons (Fsp3) is 0.688. The molecule has 0 bridgehead atoms. The lowest BCUT2D eigenvalue weighted by Gasteiger charge is -2.29. The Morgan fingerprint density at radius 2 is 2.11 bits per heavy atom. The van der Waals surface area contributed by atoms with Crippen LogP contribution in [0, 0.1) is 0 Å². The quantitative estimate of drug-likeness (QED) is 0.745. The van der Waals surface area contributed by atoms with E-state index < -0.39 is 0 Å². The molecule has 3 heteroatoms. The first-order valence-corrected chi connectivity index (χ1v) is 7.98. The van der Waals surface area contributed by atoms with E-state index in [1.807, 2.05) is 0 Å². The van der Waals surface area contributed by atoms with Crippen molar-refractivity contribution in [2.75, 3.05) is 11.4 Å². The number of nitrogens with zero attached hydrogens (tertiary/aromatic N) is 2. The normalized spacial score (nSPS) is 20.7. The van der Waals surface area contributed by atoms with Gasteiger partial charge in [-0.3, -0.25) is 0 Å². The van der Waals surface area contributed by atoms with Crippen LogP contribution in [-0.4, -0.2) is 17.6 Å². The molecule has 1 fully saturated rings. The van der Waals surface area contributed by atoms with Gasteiger partial charge in [-0.1, -0.05) is 26.7 Å². The summed E-state index contributed by atoms with van der Waals surface area (Å²) in [4.78, 5) is 7.33. The number of rotatable bonds is 3. The lowest BCUT2D eigenvalue weighted by atomic mass is 10.1. The van der Waals surface area contributed by atoms with Crippen LogP contribution in [0.25, 0.3) is 0 Å². The molecule has 1 atom stereocenters. The summed E-state index contributed by atoms with van der Waals surface area (Å²) in [5.74, 6) is 2.14. The van der Waals surface area contributed by atoms with Crippen molar-refractivity contribution in [1.29, 1.82) is 0 Å².